The molecule has 0 saturated carbocycles. The van der Waals surface area contributed by atoms with Crippen molar-refractivity contribution < 1.29 is 13.9 Å². The maximum Gasteiger partial charge on any atom is 0.337 e. The third-order valence-electron chi connectivity index (χ3n) is 1.53. The van der Waals surface area contributed by atoms with Crippen LogP contribution < -0.4 is 0 Å². The van der Waals surface area contributed by atoms with Gasteiger partial charge in [0.05, 0.1) is 12.7 Å². The van der Waals surface area contributed by atoms with E-state index < -0.39 is 5.97 Å². The first-order chi connectivity index (χ1) is 6.67. The number of methoxy groups -OCH3 is 1. The Kier molecular flexibility index (Phi) is 3.71. The molecule has 1 aromatic rings. The van der Waals surface area contributed by atoms with Crippen LogP contribution in [0, 0.1) is 0 Å². The Morgan fingerprint density at radius 3 is 2.79 bits per heavy atom. The maximum absolute atomic E-state index is 11.1. The smallest absolute Gasteiger partial charge is 0.337 e. The van der Waals surface area contributed by atoms with Gasteiger partial charge in [-0.25, -0.2) is 4.79 Å². The highest BCUT2D eigenvalue weighted by Gasteiger charge is 2.06. The summed E-state index contributed by atoms with van der Waals surface area (Å²) in [6.45, 7) is 3.51. The first-order valence-corrected chi connectivity index (χ1v) is 4.64. The molecule has 0 bridgehead atoms. The molecule has 1 rings (SSSR count). The van der Waals surface area contributed by atoms with E-state index in [1.807, 2.05) is 0 Å². The van der Waals surface area contributed by atoms with Crippen molar-refractivity contribution >= 4 is 28.0 Å². The SMILES string of the molecule is C=C/C(=C/c1ccc(Br)o1)C(=O)OC. The maximum atomic E-state index is 11.1. The second-order valence-corrected chi connectivity index (χ2v) is 3.22. The molecule has 0 fully saturated rings. The minimum Gasteiger partial charge on any atom is -0.465 e. The molecule has 0 aliphatic rings. The number of hydrogen-bond acceptors (Lipinski definition) is 3. The zero-order valence-corrected chi connectivity index (χ0v) is 9.21. The van der Waals surface area contributed by atoms with Crippen LogP contribution in [0.25, 0.3) is 6.08 Å². The van der Waals surface area contributed by atoms with Gasteiger partial charge in [-0.15, -0.1) is 0 Å². The summed E-state index contributed by atoms with van der Waals surface area (Å²) < 4.78 is 10.4. The minimum atomic E-state index is -0.437. The lowest BCUT2D eigenvalue weighted by atomic mass is 10.2. The summed E-state index contributed by atoms with van der Waals surface area (Å²) in [4.78, 5) is 11.1. The van der Waals surface area contributed by atoms with Gasteiger partial charge in [-0.3, -0.25) is 0 Å². The fourth-order valence-corrected chi connectivity index (χ4v) is 1.20. The lowest BCUT2D eigenvalue weighted by molar-refractivity contribution is -0.135. The normalized spacial score (nSPS) is 11.1. The van der Waals surface area contributed by atoms with Gasteiger partial charge < -0.3 is 9.15 Å². The number of carbonyl (C=O) groups excluding carboxylic acids is 1. The molecule has 0 unspecified atom stereocenters. The summed E-state index contributed by atoms with van der Waals surface area (Å²) >= 11 is 3.16. The van der Waals surface area contributed by atoms with Crippen LogP contribution in [0.4, 0.5) is 0 Å². The summed E-state index contributed by atoms with van der Waals surface area (Å²) in [5, 5.41) is 0. The number of rotatable bonds is 3. The number of hydrogen-bond donors (Lipinski definition) is 0. The molecule has 0 amide bonds. The van der Waals surface area contributed by atoms with Crippen molar-refractivity contribution in [3.63, 3.8) is 0 Å². The average Bonchev–Trinajstić information content (AvgIpc) is 2.59. The zero-order chi connectivity index (χ0) is 10.6. The van der Waals surface area contributed by atoms with Crippen LogP contribution in [-0.2, 0) is 9.53 Å². The van der Waals surface area contributed by atoms with Crippen LogP contribution in [0.3, 0.4) is 0 Å². The first-order valence-electron chi connectivity index (χ1n) is 3.85. The number of ether oxygens (including phenoxy) is 1. The molecule has 0 spiro atoms. The third kappa shape index (κ3) is 2.60. The molecule has 1 aromatic heterocycles. The van der Waals surface area contributed by atoms with E-state index in [0.29, 0.717) is 16.0 Å². The number of carbonyl (C=O) groups is 1. The van der Waals surface area contributed by atoms with Gasteiger partial charge in [-0.1, -0.05) is 12.7 Å². The Labute approximate surface area is 90.2 Å². The predicted molar refractivity (Wildman–Crippen MR) is 56.6 cm³/mol. The molecule has 0 atom stereocenters. The zero-order valence-electron chi connectivity index (χ0n) is 7.62. The Balaban J connectivity index is 2.94. The molecule has 3 nitrogen and oxygen atoms in total. The van der Waals surface area contributed by atoms with Crippen molar-refractivity contribution in [2.75, 3.05) is 7.11 Å². The number of furan rings is 1. The molecule has 0 radical (unpaired) electrons. The summed E-state index contributed by atoms with van der Waals surface area (Å²) in [6, 6.07) is 3.47. The van der Waals surface area contributed by atoms with E-state index in [4.69, 9.17) is 4.42 Å². The Bertz CT molecular complexity index is 376. The van der Waals surface area contributed by atoms with Gasteiger partial charge in [-0.2, -0.15) is 0 Å². The van der Waals surface area contributed by atoms with E-state index in [1.165, 1.54) is 13.2 Å². The third-order valence-corrected chi connectivity index (χ3v) is 1.96. The molecule has 0 aromatic carbocycles. The Hall–Kier alpha value is -1.29. The molecule has 0 saturated heterocycles. The molecular weight excluding hydrogens is 248 g/mol. The van der Waals surface area contributed by atoms with Gasteiger partial charge in [0.25, 0.3) is 0 Å². The van der Waals surface area contributed by atoms with Crippen LogP contribution in [-0.4, -0.2) is 13.1 Å². The van der Waals surface area contributed by atoms with E-state index in [1.54, 1.807) is 18.2 Å². The van der Waals surface area contributed by atoms with E-state index in [9.17, 15) is 4.79 Å². The van der Waals surface area contributed by atoms with E-state index in [-0.39, 0.29) is 0 Å². The standard InChI is InChI=1S/C10H9BrO3/c1-3-7(10(12)13-2)6-8-4-5-9(11)14-8/h3-6H,1H2,2H3/b7-6-. The van der Waals surface area contributed by atoms with Crippen LogP contribution >= 0.6 is 15.9 Å². The van der Waals surface area contributed by atoms with Gasteiger partial charge in [0.2, 0.25) is 0 Å². The summed E-state index contributed by atoms with van der Waals surface area (Å²) in [7, 11) is 1.32. The van der Waals surface area contributed by atoms with Crippen molar-refractivity contribution in [1.82, 2.24) is 0 Å². The monoisotopic (exact) mass is 256 g/mol. The quantitative estimate of drug-likeness (QED) is 0.475. The van der Waals surface area contributed by atoms with Crippen LogP contribution in [0.15, 0.2) is 39.4 Å². The molecule has 0 aliphatic carbocycles. The molecule has 14 heavy (non-hydrogen) atoms. The molecule has 1 heterocycles. The second-order valence-electron chi connectivity index (χ2n) is 2.44. The lowest BCUT2D eigenvalue weighted by Gasteiger charge is -1.97. The van der Waals surface area contributed by atoms with Crippen molar-refractivity contribution in [2.24, 2.45) is 0 Å². The van der Waals surface area contributed by atoms with Crippen molar-refractivity contribution in [1.29, 1.82) is 0 Å². The summed E-state index contributed by atoms with van der Waals surface area (Å²) in [5.74, 6) is 0.129. The highest BCUT2D eigenvalue weighted by molar-refractivity contribution is 9.10. The molecular formula is C10H9BrO3. The van der Waals surface area contributed by atoms with Crippen LogP contribution in [0.2, 0.25) is 0 Å². The van der Waals surface area contributed by atoms with Gasteiger partial charge >= 0.3 is 5.97 Å². The van der Waals surface area contributed by atoms with Gasteiger partial charge in [0, 0.05) is 0 Å². The van der Waals surface area contributed by atoms with Gasteiger partial charge in [-0.05, 0) is 34.1 Å². The second kappa shape index (κ2) is 4.81. The highest BCUT2D eigenvalue weighted by Crippen LogP contribution is 2.17. The topological polar surface area (TPSA) is 39.4 Å². The molecule has 0 aliphatic heterocycles. The van der Waals surface area contributed by atoms with Gasteiger partial charge in [0.15, 0.2) is 4.67 Å². The number of esters is 1. The number of halogens is 1. The van der Waals surface area contributed by atoms with E-state index in [2.05, 4.69) is 27.2 Å². The molecule has 74 valence electrons. The van der Waals surface area contributed by atoms with Crippen molar-refractivity contribution in [3.8, 4) is 0 Å². The van der Waals surface area contributed by atoms with Gasteiger partial charge in [0.1, 0.15) is 5.76 Å². The molecule has 4 heteroatoms. The fourth-order valence-electron chi connectivity index (χ4n) is 0.878. The predicted octanol–water partition coefficient (Wildman–Crippen LogP) is 2.78. The average molecular weight is 257 g/mol. The minimum absolute atomic E-state index is 0.356. The van der Waals surface area contributed by atoms with E-state index in [0.717, 1.165) is 0 Å². The highest BCUT2D eigenvalue weighted by atomic mass is 79.9. The van der Waals surface area contributed by atoms with E-state index >= 15 is 0 Å². The largest absolute Gasteiger partial charge is 0.465 e. The Morgan fingerprint density at radius 1 is 1.64 bits per heavy atom. The molecule has 0 N–H and O–H groups in total. The van der Waals surface area contributed by atoms with Crippen LogP contribution in [0.1, 0.15) is 5.76 Å². The lowest BCUT2D eigenvalue weighted by Crippen LogP contribution is -2.01. The van der Waals surface area contributed by atoms with Crippen LogP contribution in [0.5, 0.6) is 0 Å². The summed E-state index contributed by atoms with van der Waals surface area (Å²) in [6.07, 6.45) is 2.98. The van der Waals surface area contributed by atoms with Crippen molar-refractivity contribution in [3.05, 3.63) is 40.8 Å². The Morgan fingerprint density at radius 2 is 2.36 bits per heavy atom. The first kappa shape index (κ1) is 10.8. The fraction of sp³-hybridized carbons (Fsp3) is 0.100. The van der Waals surface area contributed by atoms with Crippen molar-refractivity contribution in [2.45, 2.75) is 0 Å². The summed E-state index contributed by atoms with van der Waals surface area (Å²) in [5.41, 5.74) is 0.356.